The van der Waals surface area contributed by atoms with Gasteiger partial charge in [0.2, 0.25) is 0 Å². The van der Waals surface area contributed by atoms with Crippen LogP contribution in [0.25, 0.3) is 0 Å². The van der Waals surface area contributed by atoms with Crippen LogP contribution in [0.2, 0.25) is 0 Å². The number of hydrogen-bond donors (Lipinski definition) is 1. The van der Waals surface area contributed by atoms with Gasteiger partial charge < -0.3 is 15.0 Å². The molecule has 1 aromatic carbocycles. The number of halogens is 1. The number of hydrogen-bond acceptors (Lipinski definition) is 4. The zero-order valence-corrected chi connectivity index (χ0v) is 37.4. The largest absolute Gasteiger partial charge is 0.460 e. The minimum absolute atomic E-state index is 0.0209. The minimum Gasteiger partial charge on any atom is -0.460 e. The molecule has 1 N–H and O–H groups in total. The highest BCUT2D eigenvalue weighted by Crippen LogP contribution is 2.76. The molecule has 0 aromatic heterocycles. The molecule has 6 aliphatic rings. The van der Waals surface area contributed by atoms with Crippen LogP contribution < -0.4 is 5.32 Å². The van der Waals surface area contributed by atoms with Gasteiger partial charge in [0.25, 0.3) is 0 Å². The third kappa shape index (κ3) is 7.17. The summed E-state index contributed by atoms with van der Waals surface area (Å²) in [5.41, 5.74) is 5.24. The topological polar surface area (TPSA) is 41.6 Å². The molecule has 57 heavy (non-hydrogen) atoms. The Morgan fingerprint density at radius 3 is 2.25 bits per heavy atom. The van der Waals surface area contributed by atoms with Gasteiger partial charge in [-0.3, -0.25) is 4.79 Å². The lowest BCUT2D eigenvalue weighted by Crippen LogP contribution is -2.68. The lowest BCUT2D eigenvalue weighted by atomic mass is 9.33. The summed E-state index contributed by atoms with van der Waals surface area (Å²) in [4.78, 5) is 16.1. The number of alkyl halides is 1. The van der Waals surface area contributed by atoms with E-state index in [1.54, 1.807) is 0 Å². The third-order valence-electron chi connectivity index (χ3n) is 18.5. The van der Waals surface area contributed by atoms with E-state index in [0.717, 1.165) is 37.4 Å². The number of fused-ring (bicyclic) bond motifs is 7. The standard InChI is InChI=1S/C52H79FN2O2/c1-10-32-55(33-11-2)34-31-54-52-28-21-40(37(3)4)45(52)42-17-18-44-48(7)24-22-41(47(5,6)43(48)23-25-50(44,9)49(42,8)29-30-52)39-19-26-51(36-53,27-20-39)46(56)57-35-38-15-13-12-14-16-38/h12-16,19,22,40,42-45,54H,3,10-11,17-18,20-21,23-36H2,1-2,4-9H3/t40-,42+,43-,44+,45+,48-,49+,50+,51-,52-/m0/s1. The summed E-state index contributed by atoms with van der Waals surface area (Å²) in [6.07, 6.45) is 20.6. The van der Waals surface area contributed by atoms with Crippen LogP contribution in [0.15, 0.2) is 65.8 Å². The van der Waals surface area contributed by atoms with Gasteiger partial charge in [0.15, 0.2) is 0 Å². The highest BCUT2D eigenvalue weighted by atomic mass is 19.1. The molecular weight excluding hydrogens is 704 g/mol. The fourth-order valence-corrected chi connectivity index (χ4v) is 15.4. The first-order valence-corrected chi connectivity index (χ1v) is 23.4. The van der Waals surface area contributed by atoms with Crippen molar-refractivity contribution in [1.82, 2.24) is 10.2 Å². The lowest BCUT2D eigenvalue weighted by molar-refractivity contribution is -0.221. The van der Waals surface area contributed by atoms with Crippen molar-refractivity contribution >= 4 is 5.97 Å². The van der Waals surface area contributed by atoms with Crippen LogP contribution in [0.1, 0.15) is 151 Å². The molecule has 0 radical (unpaired) electrons. The molecular formula is C52H79FN2O2. The second kappa shape index (κ2) is 16.3. The molecule has 10 atom stereocenters. The number of rotatable bonds is 14. The van der Waals surface area contributed by atoms with E-state index in [1.165, 1.54) is 94.0 Å². The second-order valence-electron chi connectivity index (χ2n) is 21.6. The Morgan fingerprint density at radius 2 is 1.60 bits per heavy atom. The second-order valence-corrected chi connectivity index (χ2v) is 21.6. The number of carbonyl (C=O) groups is 1. The fraction of sp³-hybridized carbons (Fsp3) is 0.750. The average Bonchev–Trinajstić information content (AvgIpc) is 3.58. The van der Waals surface area contributed by atoms with Crippen LogP contribution in [0.5, 0.6) is 0 Å². The molecule has 5 heteroatoms. The van der Waals surface area contributed by atoms with E-state index < -0.39 is 18.1 Å². The van der Waals surface area contributed by atoms with Gasteiger partial charge in [-0.25, -0.2) is 4.39 Å². The predicted molar refractivity (Wildman–Crippen MR) is 234 cm³/mol. The zero-order valence-electron chi connectivity index (χ0n) is 37.4. The molecule has 0 unspecified atom stereocenters. The molecule has 4 nitrogen and oxygen atoms in total. The summed E-state index contributed by atoms with van der Waals surface area (Å²) in [5, 5.41) is 4.35. The van der Waals surface area contributed by atoms with Crippen LogP contribution in [-0.4, -0.2) is 49.3 Å². The number of allylic oxidation sites excluding steroid dienone is 5. The van der Waals surface area contributed by atoms with Crippen molar-refractivity contribution in [2.24, 2.45) is 56.7 Å². The van der Waals surface area contributed by atoms with E-state index in [4.69, 9.17) is 4.74 Å². The van der Waals surface area contributed by atoms with Gasteiger partial charge in [0.1, 0.15) is 13.3 Å². The highest BCUT2D eigenvalue weighted by molar-refractivity contribution is 5.78. The van der Waals surface area contributed by atoms with E-state index in [1.807, 2.05) is 30.3 Å². The van der Waals surface area contributed by atoms with Crippen molar-refractivity contribution in [1.29, 1.82) is 0 Å². The predicted octanol–water partition coefficient (Wildman–Crippen LogP) is 12.5. The molecule has 0 amide bonds. The highest BCUT2D eigenvalue weighted by Gasteiger charge is 2.70. The maximum Gasteiger partial charge on any atom is 0.315 e. The quantitative estimate of drug-likeness (QED) is 0.151. The number of nitrogens with zero attached hydrogens (tertiary/aromatic N) is 1. The van der Waals surface area contributed by atoms with Crippen LogP contribution in [-0.2, 0) is 16.1 Å². The molecule has 6 aliphatic carbocycles. The molecule has 4 fully saturated rings. The Hall–Kier alpha value is -2.24. The van der Waals surface area contributed by atoms with E-state index >= 15 is 0 Å². The number of ether oxygens (including phenoxy) is 1. The third-order valence-corrected chi connectivity index (χ3v) is 18.5. The van der Waals surface area contributed by atoms with Gasteiger partial charge in [0.05, 0.1) is 5.41 Å². The van der Waals surface area contributed by atoms with Gasteiger partial charge in [-0.1, -0.05) is 103 Å². The van der Waals surface area contributed by atoms with Crippen molar-refractivity contribution in [2.75, 3.05) is 32.9 Å². The Kier molecular flexibility index (Phi) is 12.3. The number of benzene rings is 1. The van der Waals surface area contributed by atoms with Crippen molar-refractivity contribution in [3.8, 4) is 0 Å². The monoisotopic (exact) mass is 783 g/mol. The smallest absolute Gasteiger partial charge is 0.315 e. The Morgan fingerprint density at radius 1 is 0.860 bits per heavy atom. The van der Waals surface area contributed by atoms with Crippen molar-refractivity contribution < 1.29 is 13.9 Å². The van der Waals surface area contributed by atoms with Crippen LogP contribution in [0.4, 0.5) is 4.39 Å². The number of carbonyl (C=O) groups excluding carboxylic acids is 1. The average molecular weight is 783 g/mol. The van der Waals surface area contributed by atoms with Crippen molar-refractivity contribution in [3.63, 3.8) is 0 Å². The number of esters is 1. The normalized spacial score (nSPS) is 39.6. The van der Waals surface area contributed by atoms with Gasteiger partial charge >= 0.3 is 5.97 Å². The lowest BCUT2D eigenvalue weighted by Gasteiger charge is -2.72. The molecule has 1 aromatic rings. The SMILES string of the molecule is C=C(C)[C@@H]1CC[C@]2(NCCN(CCC)CCC)CC[C@]3(C)[C@H](CC[C@@H]4[C@@]5(C)CC=C(C6=CC[C@](CF)(C(=O)OCc7ccccc7)CC6)C(C)(C)[C@@H]5CC[C@]43C)[C@@H]12. The maximum atomic E-state index is 14.8. The molecule has 316 valence electrons. The molecule has 0 bridgehead atoms. The summed E-state index contributed by atoms with van der Waals surface area (Å²) in [6, 6.07) is 9.73. The van der Waals surface area contributed by atoms with Gasteiger partial charge in [-0.05, 0) is 178 Å². The Labute approximate surface area is 347 Å². The summed E-state index contributed by atoms with van der Waals surface area (Å²) >= 11 is 0. The minimum atomic E-state index is -1.08. The summed E-state index contributed by atoms with van der Waals surface area (Å²) in [6.45, 7) is 29.1. The van der Waals surface area contributed by atoms with Gasteiger partial charge in [0, 0.05) is 18.6 Å². The van der Waals surface area contributed by atoms with Crippen molar-refractivity contribution in [3.05, 3.63) is 71.3 Å². The van der Waals surface area contributed by atoms with Crippen LogP contribution in [0.3, 0.4) is 0 Å². The maximum absolute atomic E-state index is 14.8. The summed E-state index contributed by atoms with van der Waals surface area (Å²) in [5.74, 6) is 2.95. The molecule has 4 saturated carbocycles. The summed E-state index contributed by atoms with van der Waals surface area (Å²) < 4.78 is 20.5. The van der Waals surface area contributed by atoms with E-state index in [0.29, 0.717) is 47.3 Å². The number of nitrogens with one attached hydrogen (secondary N) is 1. The van der Waals surface area contributed by atoms with Crippen LogP contribution in [0, 0.1) is 56.7 Å². The Bertz CT molecular complexity index is 1680. The molecule has 7 rings (SSSR count). The first-order chi connectivity index (χ1) is 27.1. The summed E-state index contributed by atoms with van der Waals surface area (Å²) in [7, 11) is 0. The molecule has 0 saturated heterocycles. The zero-order chi connectivity index (χ0) is 40.9. The fourth-order valence-electron chi connectivity index (χ4n) is 15.4. The van der Waals surface area contributed by atoms with E-state index in [2.05, 4.69) is 84.3 Å². The molecule has 0 heterocycles. The first kappa shape index (κ1) is 42.9. The molecule has 0 spiro atoms. The van der Waals surface area contributed by atoms with Crippen LogP contribution >= 0.6 is 0 Å². The van der Waals surface area contributed by atoms with E-state index in [9.17, 15) is 9.18 Å². The van der Waals surface area contributed by atoms with Gasteiger partial charge in [-0.2, -0.15) is 0 Å². The van der Waals surface area contributed by atoms with Crippen molar-refractivity contribution in [2.45, 2.75) is 157 Å². The molecule has 0 aliphatic heterocycles. The Balaban J connectivity index is 1.10. The first-order valence-electron chi connectivity index (χ1n) is 23.4. The van der Waals surface area contributed by atoms with E-state index in [-0.39, 0.29) is 23.0 Å². The van der Waals surface area contributed by atoms with Gasteiger partial charge in [-0.15, -0.1) is 0 Å².